The van der Waals surface area contributed by atoms with Gasteiger partial charge in [0.15, 0.2) is 0 Å². The van der Waals surface area contributed by atoms with Crippen LogP contribution in [0.3, 0.4) is 0 Å². The summed E-state index contributed by atoms with van der Waals surface area (Å²) in [4.78, 5) is 23.3. The number of ether oxygens (including phenoxy) is 1. The van der Waals surface area contributed by atoms with Gasteiger partial charge in [-0.05, 0) is 5.56 Å². The molecule has 112 valence electrons. The monoisotopic (exact) mass is 301 g/mol. The Hall–Kier alpha value is -1.63. The first-order valence-corrected chi connectivity index (χ1v) is 5.96. The molecule has 0 aliphatic heterocycles. The van der Waals surface area contributed by atoms with Crippen LogP contribution < -0.4 is 16.8 Å². The average Bonchev–Trinajstić information content (AvgIpc) is 2.45. The van der Waals surface area contributed by atoms with Crippen LogP contribution in [0.1, 0.15) is 5.56 Å². The summed E-state index contributed by atoms with van der Waals surface area (Å²) in [6.45, 7) is 0.0189. The third-order valence-electron chi connectivity index (χ3n) is 2.68. The number of hydrogen-bond donors (Lipinski definition) is 3. The van der Waals surface area contributed by atoms with Gasteiger partial charge in [-0.2, -0.15) is 0 Å². The summed E-state index contributed by atoms with van der Waals surface area (Å²) in [6, 6.07) is 7.73. The number of nitrogens with one attached hydrogen (secondary N) is 1. The van der Waals surface area contributed by atoms with Crippen molar-refractivity contribution in [2.75, 3.05) is 13.7 Å². The molecule has 0 spiro atoms. The van der Waals surface area contributed by atoms with Crippen molar-refractivity contribution in [2.24, 2.45) is 11.5 Å². The SMILES string of the molecule is COC(=O)[C@H](Cc1ccccc1)NC(=O)[C@@H](N)CN.Cl. The smallest absolute Gasteiger partial charge is 0.328 e. The Morgan fingerprint density at radius 3 is 2.40 bits per heavy atom. The van der Waals surface area contributed by atoms with Gasteiger partial charge in [0.1, 0.15) is 6.04 Å². The van der Waals surface area contributed by atoms with E-state index in [1.54, 1.807) is 0 Å². The van der Waals surface area contributed by atoms with Gasteiger partial charge in [-0.1, -0.05) is 30.3 Å². The lowest BCUT2D eigenvalue weighted by atomic mass is 10.1. The average molecular weight is 302 g/mol. The first-order valence-electron chi connectivity index (χ1n) is 5.96. The quantitative estimate of drug-likeness (QED) is 0.619. The zero-order chi connectivity index (χ0) is 14.3. The summed E-state index contributed by atoms with van der Waals surface area (Å²) in [5.41, 5.74) is 11.7. The summed E-state index contributed by atoms with van der Waals surface area (Å²) in [5, 5.41) is 2.55. The maximum atomic E-state index is 11.7. The van der Waals surface area contributed by atoms with Gasteiger partial charge in [-0.25, -0.2) is 4.79 Å². The Morgan fingerprint density at radius 2 is 1.90 bits per heavy atom. The number of rotatable bonds is 6. The van der Waals surface area contributed by atoms with Gasteiger partial charge in [0.2, 0.25) is 5.91 Å². The predicted octanol–water partition coefficient (Wildman–Crippen LogP) is -0.405. The van der Waals surface area contributed by atoms with Crippen molar-refractivity contribution in [3.8, 4) is 0 Å². The second kappa shape index (κ2) is 9.30. The first kappa shape index (κ1) is 18.4. The number of benzene rings is 1. The summed E-state index contributed by atoms with van der Waals surface area (Å²) >= 11 is 0. The Labute approximate surface area is 124 Å². The summed E-state index contributed by atoms with van der Waals surface area (Å²) in [7, 11) is 1.27. The molecule has 20 heavy (non-hydrogen) atoms. The number of nitrogens with two attached hydrogens (primary N) is 2. The number of amides is 1. The number of esters is 1. The predicted molar refractivity (Wildman–Crippen MR) is 78.4 cm³/mol. The van der Waals surface area contributed by atoms with Crippen LogP contribution in [0.4, 0.5) is 0 Å². The van der Waals surface area contributed by atoms with E-state index in [4.69, 9.17) is 11.5 Å². The molecule has 0 saturated heterocycles. The molecule has 0 radical (unpaired) electrons. The molecule has 1 amide bonds. The largest absolute Gasteiger partial charge is 0.467 e. The van der Waals surface area contributed by atoms with Crippen molar-refractivity contribution in [3.63, 3.8) is 0 Å². The minimum atomic E-state index is -0.831. The summed E-state index contributed by atoms with van der Waals surface area (Å²) in [5.74, 6) is -0.977. The van der Waals surface area contributed by atoms with E-state index >= 15 is 0 Å². The van der Waals surface area contributed by atoms with Crippen LogP contribution >= 0.6 is 12.4 Å². The second-order valence-corrected chi connectivity index (χ2v) is 4.12. The van der Waals surface area contributed by atoms with E-state index in [1.165, 1.54) is 7.11 Å². The van der Waals surface area contributed by atoms with Crippen molar-refractivity contribution in [3.05, 3.63) is 35.9 Å². The van der Waals surface area contributed by atoms with Crippen molar-refractivity contribution in [1.29, 1.82) is 0 Å². The van der Waals surface area contributed by atoms with E-state index in [2.05, 4.69) is 10.1 Å². The third kappa shape index (κ3) is 5.56. The number of carbonyl (C=O) groups is 2. The molecule has 2 atom stereocenters. The van der Waals surface area contributed by atoms with Gasteiger partial charge in [-0.15, -0.1) is 12.4 Å². The lowest BCUT2D eigenvalue weighted by Crippen LogP contribution is -2.52. The molecule has 0 heterocycles. The lowest BCUT2D eigenvalue weighted by Gasteiger charge is -2.18. The zero-order valence-corrected chi connectivity index (χ0v) is 12.1. The van der Waals surface area contributed by atoms with E-state index < -0.39 is 24.0 Å². The van der Waals surface area contributed by atoms with Gasteiger partial charge < -0.3 is 21.5 Å². The molecule has 0 unspecified atom stereocenters. The number of methoxy groups -OCH3 is 1. The normalized spacial score (nSPS) is 12.8. The maximum Gasteiger partial charge on any atom is 0.328 e. The second-order valence-electron chi connectivity index (χ2n) is 4.12. The van der Waals surface area contributed by atoms with E-state index in [1.807, 2.05) is 30.3 Å². The van der Waals surface area contributed by atoms with Crippen LogP contribution in [0, 0.1) is 0 Å². The highest BCUT2D eigenvalue weighted by atomic mass is 35.5. The molecule has 1 aromatic rings. The van der Waals surface area contributed by atoms with Crippen LogP contribution in [0.5, 0.6) is 0 Å². The highest BCUT2D eigenvalue weighted by Crippen LogP contribution is 2.04. The van der Waals surface area contributed by atoms with Crippen LogP contribution in [0.25, 0.3) is 0 Å². The van der Waals surface area contributed by atoms with Crippen LogP contribution in [-0.4, -0.2) is 37.6 Å². The van der Waals surface area contributed by atoms with Crippen LogP contribution in [0.15, 0.2) is 30.3 Å². The molecule has 0 fully saturated rings. The van der Waals surface area contributed by atoms with E-state index in [9.17, 15) is 9.59 Å². The molecular formula is C13H20ClN3O3. The fraction of sp³-hybridized carbons (Fsp3) is 0.385. The van der Waals surface area contributed by atoms with E-state index in [0.717, 1.165) is 5.56 Å². The van der Waals surface area contributed by atoms with Crippen molar-refractivity contribution in [2.45, 2.75) is 18.5 Å². The molecule has 0 aliphatic rings. The minimum absolute atomic E-state index is 0. The van der Waals surface area contributed by atoms with Gasteiger partial charge >= 0.3 is 5.97 Å². The van der Waals surface area contributed by atoms with E-state index in [-0.39, 0.29) is 19.0 Å². The van der Waals surface area contributed by atoms with E-state index in [0.29, 0.717) is 6.42 Å². The standard InChI is InChI=1S/C13H19N3O3.ClH/c1-19-13(18)11(16-12(17)10(15)8-14)7-9-5-3-2-4-6-9;/h2-6,10-11H,7-8,14-15H2,1H3,(H,16,17);1H/t10-,11-;/m0./s1. The summed E-state index contributed by atoms with van der Waals surface area (Å²) < 4.78 is 4.67. The molecule has 0 aromatic heterocycles. The van der Waals surface area contributed by atoms with Gasteiger partial charge in [-0.3, -0.25) is 4.79 Å². The van der Waals surface area contributed by atoms with Crippen LogP contribution in [-0.2, 0) is 20.7 Å². The maximum absolute atomic E-state index is 11.7. The van der Waals surface area contributed by atoms with Gasteiger partial charge in [0, 0.05) is 13.0 Å². The van der Waals surface area contributed by atoms with Crippen molar-refractivity contribution >= 4 is 24.3 Å². The van der Waals surface area contributed by atoms with Crippen molar-refractivity contribution in [1.82, 2.24) is 5.32 Å². The Kier molecular flexibility index (Phi) is 8.54. The molecule has 0 saturated carbocycles. The Bertz CT molecular complexity index is 428. The first-order chi connectivity index (χ1) is 9.08. The van der Waals surface area contributed by atoms with Gasteiger partial charge in [0.05, 0.1) is 13.2 Å². The molecule has 0 bridgehead atoms. The zero-order valence-electron chi connectivity index (χ0n) is 11.2. The number of carbonyl (C=O) groups excluding carboxylic acids is 2. The van der Waals surface area contributed by atoms with Gasteiger partial charge in [0.25, 0.3) is 0 Å². The summed E-state index contributed by atoms with van der Waals surface area (Å²) in [6.07, 6.45) is 0.344. The van der Waals surface area contributed by atoms with Crippen molar-refractivity contribution < 1.29 is 14.3 Å². The molecular weight excluding hydrogens is 282 g/mol. The molecule has 5 N–H and O–H groups in total. The number of halogens is 1. The highest BCUT2D eigenvalue weighted by Gasteiger charge is 2.24. The fourth-order valence-corrected chi connectivity index (χ4v) is 1.57. The Balaban J connectivity index is 0.00000361. The molecule has 1 aromatic carbocycles. The minimum Gasteiger partial charge on any atom is -0.467 e. The highest BCUT2D eigenvalue weighted by molar-refractivity contribution is 5.87. The molecule has 7 heteroatoms. The van der Waals surface area contributed by atoms with Crippen LogP contribution in [0.2, 0.25) is 0 Å². The lowest BCUT2D eigenvalue weighted by molar-refractivity contribution is -0.145. The molecule has 1 rings (SSSR count). The molecule has 6 nitrogen and oxygen atoms in total. The fourth-order valence-electron chi connectivity index (χ4n) is 1.57. The third-order valence-corrected chi connectivity index (χ3v) is 2.68. The topological polar surface area (TPSA) is 107 Å². The molecule has 0 aliphatic carbocycles. The number of hydrogen-bond acceptors (Lipinski definition) is 5. The Morgan fingerprint density at radius 1 is 1.30 bits per heavy atom.